The van der Waals surface area contributed by atoms with E-state index in [1.54, 1.807) is 23.1 Å². The molecule has 0 fully saturated rings. The Hall–Kier alpha value is -1.52. The maximum Gasteiger partial charge on any atom is 0.236 e. The molecule has 0 N–H and O–H groups in total. The van der Waals surface area contributed by atoms with Crippen LogP contribution in [0.25, 0.3) is 10.8 Å². The molecule has 0 saturated carbocycles. The Kier molecular flexibility index (Phi) is 3.94. The van der Waals surface area contributed by atoms with Gasteiger partial charge in [0.2, 0.25) is 5.89 Å². The maximum absolute atomic E-state index is 5.76. The Labute approximate surface area is 126 Å². The SMILES string of the molecule is Cc1ccccc1SCc1nc(-c2cccs2)oc1C. The van der Waals surface area contributed by atoms with Crippen LogP contribution in [0.5, 0.6) is 0 Å². The standard InChI is InChI=1S/C16H15NOS2/c1-11-6-3-4-7-14(11)20-10-13-12(2)18-16(17-13)15-8-5-9-19-15/h3-9H,10H2,1-2H3. The van der Waals surface area contributed by atoms with Gasteiger partial charge in [-0.25, -0.2) is 4.98 Å². The van der Waals surface area contributed by atoms with Gasteiger partial charge < -0.3 is 4.42 Å². The smallest absolute Gasteiger partial charge is 0.236 e. The number of thiophene rings is 1. The summed E-state index contributed by atoms with van der Waals surface area (Å²) >= 11 is 3.46. The summed E-state index contributed by atoms with van der Waals surface area (Å²) in [6, 6.07) is 12.5. The number of nitrogens with zero attached hydrogens (tertiary/aromatic N) is 1. The fraction of sp³-hybridized carbons (Fsp3) is 0.188. The van der Waals surface area contributed by atoms with Crippen molar-refractivity contribution in [2.75, 3.05) is 0 Å². The van der Waals surface area contributed by atoms with Crippen LogP contribution in [-0.2, 0) is 5.75 Å². The zero-order chi connectivity index (χ0) is 13.9. The first kappa shape index (κ1) is 13.5. The van der Waals surface area contributed by atoms with Gasteiger partial charge in [-0.05, 0) is 36.9 Å². The number of hydrogen-bond acceptors (Lipinski definition) is 4. The van der Waals surface area contributed by atoms with Crippen molar-refractivity contribution in [1.82, 2.24) is 4.98 Å². The number of aromatic nitrogens is 1. The molecule has 0 aliphatic rings. The molecule has 0 spiro atoms. The van der Waals surface area contributed by atoms with E-state index >= 15 is 0 Å². The third-order valence-corrected chi connectivity index (χ3v) is 5.13. The molecule has 0 aliphatic carbocycles. The molecule has 4 heteroatoms. The maximum atomic E-state index is 5.76. The highest BCUT2D eigenvalue weighted by Crippen LogP contribution is 2.30. The van der Waals surface area contributed by atoms with Crippen LogP contribution in [0.1, 0.15) is 17.0 Å². The normalized spacial score (nSPS) is 10.9. The third kappa shape index (κ3) is 2.81. The van der Waals surface area contributed by atoms with E-state index in [4.69, 9.17) is 4.42 Å². The molecule has 0 unspecified atom stereocenters. The molecule has 1 aromatic carbocycles. The van der Waals surface area contributed by atoms with Crippen molar-refractivity contribution in [1.29, 1.82) is 0 Å². The molecule has 3 aromatic rings. The lowest BCUT2D eigenvalue weighted by molar-refractivity contribution is 0.542. The molecule has 2 nitrogen and oxygen atoms in total. The minimum atomic E-state index is 0.734. The minimum absolute atomic E-state index is 0.734. The molecule has 3 rings (SSSR count). The van der Waals surface area contributed by atoms with Gasteiger partial charge in [-0.3, -0.25) is 0 Å². The van der Waals surface area contributed by atoms with Gasteiger partial charge in [0.15, 0.2) is 0 Å². The molecule has 0 saturated heterocycles. The molecule has 0 radical (unpaired) electrons. The second-order valence-corrected chi connectivity index (χ2v) is 6.52. The summed E-state index contributed by atoms with van der Waals surface area (Å²) in [5.74, 6) is 2.48. The van der Waals surface area contributed by atoms with Crippen molar-refractivity contribution in [2.45, 2.75) is 24.5 Å². The number of thioether (sulfide) groups is 1. The first-order valence-electron chi connectivity index (χ1n) is 6.42. The van der Waals surface area contributed by atoms with Crippen molar-refractivity contribution >= 4 is 23.1 Å². The predicted molar refractivity (Wildman–Crippen MR) is 85.3 cm³/mol. The fourth-order valence-corrected chi connectivity index (χ4v) is 3.61. The molecule has 102 valence electrons. The Morgan fingerprint density at radius 3 is 2.75 bits per heavy atom. The number of hydrogen-bond donors (Lipinski definition) is 0. The van der Waals surface area contributed by atoms with Gasteiger partial charge in [0, 0.05) is 10.6 Å². The molecule has 2 aromatic heterocycles. The van der Waals surface area contributed by atoms with Gasteiger partial charge in [0.25, 0.3) is 0 Å². The van der Waals surface area contributed by atoms with Crippen molar-refractivity contribution in [3.63, 3.8) is 0 Å². The second-order valence-electron chi connectivity index (χ2n) is 4.55. The topological polar surface area (TPSA) is 26.0 Å². The van der Waals surface area contributed by atoms with Crippen LogP contribution in [0, 0.1) is 13.8 Å². The summed E-state index contributed by atoms with van der Waals surface area (Å²) in [5.41, 5.74) is 2.33. The van der Waals surface area contributed by atoms with Crippen LogP contribution in [0.4, 0.5) is 0 Å². The lowest BCUT2D eigenvalue weighted by Crippen LogP contribution is -1.85. The second kappa shape index (κ2) is 5.85. The quantitative estimate of drug-likeness (QED) is 0.611. The van der Waals surface area contributed by atoms with Crippen LogP contribution in [0.3, 0.4) is 0 Å². The summed E-state index contributed by atoms with van der Waals surface area (Å²) in [6.45, 7) is 4.12. The number of benzene rings is 1. The van der Waals surface area contributed by atoms with Crippen LogP contribution in [0.15, 0.2) is 51.1 Å². The molecule has 0 atom stereocenters. The molecule has 0 amide bonds. The number of rotatable bonds is 4. The predicted octanol–water partition coefficient (Wildman–Crippen LogP) is 5.31. The van der Waals surface area contributed by atoms with E-state index in [1.165, 1.54) is 10.5 Å². The lowest BCUT2D eigenvalue weighted by Gasteiger charge is -2.03. The summed E-state index contributed by atoms with van der Waals surface area (Å²) in [4.78, 5) is 7.00. The first-order chi connectivity index (χ1) is 9.74. The third-order valence-electron chi connectivity index (χ3n) is 3.08. The van der Waals surface area contributed by atoms with Crippen molar-refractivity contribution < 1.29 is 4.42 Å². The summed E-state index contributed by atoms with van der Waals surface area (Å²) < 4.78 is 5.76. The van der Waals surface area contributed by atoms with Crippen LogP contribution < -0.4 is 0 Å². The average molecular weight is 301 g/mol. The summed E-state index contributed by atoms with van der Waals surface area (Å²) in [6.07, 6.45) is 0. The first-order valence-corrected chi connectivity index (χ1v) is 8.29. The van der Waals surface area contributed by atoms with Crippen molar-refractivity contribution in [3.8, 4) is 10.8 Å². The molecular weight excluding hydrogens is 286 g/mol. The van der Waals surface area contributed by atoms with E-state index in [0.717, 1.165) is 28.0 Å². The van der Waals surface area contributed by atoms with E-state index < -0.39 is 0 Å². The van der Waals surface area contributed by atoms with Crippen LogP contribution >= 0.6 is 23.1 Å². The Morgan fingerprint density at radius 1 is 1.15 bits per heavy atom. The largest absolute Gasteiger partial charge is 0.440 e. The fourth-order valence-electron chi connectivity index (χ4n) is 1.93. The van der Waals surface area contributed by atoms with E-state index in [0.29, 0.717) is 0 Å². The Morgan fingerprint density at radius 2 is 2.00 bits per heavy atom. The average Bonchev–Trinajstić information content (AvgIpc) is 3.07. The lowest BCUT2D eigenvalue weighted by atomic mass is 10.2. The van der Waals surface area contributed by atoms with Crippen LogP contribution in [0.2, 0.25) is 0 Å². The van der Waals surface area contributed by atoms with Crippen molar-refractivity contribution in [2.24, 2.45) is 0 Å². The van der Waals surface area contributed by atoms with Gasteiger partial charge in [0.05, 0.1) is 10.6 Å². The molecule has 0 aliphatic heterocycles. The summed E-state index contributed by atoms with van der Waals surface area (Å²) in [5, 5.41) is 2.04. The molecule has 2 heterocycles. The van der Waals surface area contributed by atoms with Gasteiger partial charge in [0.1, 0.15) is 5.76 Å². The highest BCUT2D eigenvalue weighted by atomic mass is 32.2. The zero-order valence-electron chi connectivity index (χ0n) is 11.4. The summed E-state index contributed by atoms with van der Waals surface area (Å²) in [7, 11) is 0. The number of aryl methyl sites for hydroxylation is 2. The van der Waals surface area contributed by atoms with Crippen molar-refractivity contribution in [3.05, 3.63) is 58.8 Å². The highest BCUT2D eigenvalue weighted by molar-refractivity contribution is 7.98. The van der Waals surface area contributed by atoms with E-state index in [9.17, 15) is 0 Å². The van der Waals surface area contributed by atoms with E-state index in [1.807, 2.05) is 24.4 Å². The van der Waals surface area contributed by atoms with Gasteiger partial charge in [-0.2, -0.15) is 0 Å². The molecule has 0 bridgehead atoms. The van der Waals surface area contributed by atoms with E-state index in [-0.39, 0.29) is 0 Å². The van der Waals surface area contributed by atoms with Gasteiger partial charge in [-0.1, -0.05) is 24.3 Å². The highest BCUT2D eigenvalue weighted by Gasteiger charge is 2.12. The number of oxazole rings is 1. The minimum Gasteiger partial charge on any atom is -0.440 e. The molecule has 20 heavy (non-hydrogen) atoms. The van der Waals surface area contributed by atoms with Gasteiger partial charge >= 0.3 is 0 Å². The van der Waals surface area contributed by atoms with Gasteiger partial charge in [-0.15, -0.1) is 23.1 Å². The Balaban J connectivity index is 1.77. The van der Waals surface area contributed by atoms with E-state index in [2.05, 4.69) is 36.2 Å². The zero-order valence-corrected chi connectivity index (χ0v) is 13.1. The Bertz CT molecular complexity index is 701. The molecular formula is C16H15NOS2. The van der Waals surface area contributed by atoms with Crippen LogP contribution in [-0.4, -0.2) is 4.98 Å². The monoisotopic (exact) mass is 301 g/mol.